The number of benzene rings is 1. The van der Waals surface area contributed by atoms with Crippen molar-refractivity contribution in [3.05, 3.63) is 53.5 Å². The average Bonchev–Trinajstić information content (AvgIpc) is 2.97. The van der Waals surface area contributed by atoms with Crippen LogP contribution >= 0.6 is 0 Å². The maximum atomic E-state index is 13.1. The molecule has 0 spiro atoms. The molecule has 0 bridgehead atoms. The summed E-state index contributed by atoms with van der Waals surface area (Å²) in [4.78, 5) is 4.52. The van der Waals surface area contributed by atoms with Crippen LogP contribution in [-0.2, 0) is 0 Å². The van der Waals surface area contributed by atoms with Gasteiger partial charge in [0.25, 0.3) is 0 Å². The highest BCUT2D eigenvalue weighted by atomic mass is 19.4. The van der Waals surface area contributed by atoms with Crippen molar-refractivity contribution in [2.75, 3.05) is 13.7 Å². The van der Waals surface area contributed by atoms with Gasteiger partial charge >= 0.3 is 6.18 Å². The number of hydrogen-bond acceptors (Lipinski definition) is 4. The molecule has 0 aliphatic carbocycles. The first-order chi connectivity index (χ1) is 11.3. The standard InChI is InChI=1S/C17H18F3N3O/c1-11-9-15(13-5-4-6-14(10-13)24-3)21-16-7-8-22(23(11)16)12(2)17(18,19)20/h4-7,9-10,12H,8H2,1-3H3/t12-/m0/s1. The van der Waals surface area contributed by atoms with E-state index in [9.17, 15) is 13.2 Å². The van der Waals surface area contributed by atoms with Crippen LogP contribution in [0.2, 0.25) is 0 Å². The van der Waals surface area contributed by atoms with E-state index in [1.54, 1.807) is 26.2 Å². The number of methoxy groups -OCH3 is 1. The number of alkyl halides is 3. The van der Waals surface area contributed by atoms with Gasteiger partial charge in [0.2, 0.25) is 0 Å². The van der Waals surface area contributed by atoms with Gasteiger partial charge in [0.1, 0.15) is 17.6 Å². The van der Waals surface area contributed by atoms with E-state index in [-0.39, 0.29) is 6.54 Å². The highest BCUT2D eigenvalue weighted by Gasteiger charge is 2.45. The highest BCUT2D eigenvalue weighted by Crippen LogP contribution is 2.34. The second-order valence-corrected chi connectivity index (χ2v) is 5.73. The first-order valence-corrected chi connectivity index (χ1v) is 7.56. The van der Waals surface area contributed by atoms with E-state index < -0.39 is 12.2 Å². The van der Waals surface area contributed by atoms with Gasteiger partial charge in [-0.25, -0.2) is 4.99 Å². The largest absolute Gasteiger partial charge is 0.497 e. The number of fused-ring (bicyclic) bond motifs is 1. The molecular formula is C17H18F3N3O. The number of allylic oxidation sites excluding steroid dienone is 2. The molecule has 2 aliphatic heterocycles. The quantitative estimate of drug-likeness (QED) is 0.841. The lowest BCUT2D eigenvalue weighted by atomic mass is 10.1. The molecule has 0 fully saturated rings. The lowest BCUT2D eigenvalue weighted by molar-refractivity contribution is -0.201. The van der Waals surface area contributed by atoms with Gasteiger partial charge in [-0.2, -0.15) is 18.2 Å². The summed E-state index contributed by atoms with van der Waals surface area (Å²) in [6.45, 7) is 3.12. The molecule has 2 aliphatic rings. The molecule has 7 heteroatoms. The van der Waals surface area contributed by atoms with E-state index in [1.165, 1.54) is 10.0 Å². The van der Waals surface area contributed by atoms with Crippen LogP contribution in [0.4, 0.5) is 13.2 Å². The number of ether oxygens (including phenoxy) is 1. The van der Waals surface area contributed by atoms with Gasteiger partial charge in [-0.05, 0) is 38.1 Å². The summed E-state index contributed by atoms with van der Waals surface area (Å²) in [6.07, 6.45) is -0.799. The molecule has 0 aromatic heterocycles. The molecule has 4 nitrogen and oxygen atoms in total. The van der Waals surface area contributed by atoms with Crippen molar-refractivity contribution in [2.45, 2.75) is 26.1 Å². The number of halogens is 3. The molecule has 128 valence electrons. The number of aliphatic imine (C=N–C) groups is 1. The average molecular weight is 337 g/mol. The number of hydrazine groups is 1. The van der Waals surface area contributed by atoms with E-state index in [0.29, 0.717) is 23.0 Å². The summed E-state index contributed by atoms with van der Waals surface area (Å²) < 4.78 is 44.4. The Kier molecular flexibility index (Phi) is 4.13. The Morgan fingerprint density at radius 1 is 1.29 bits per heavy atom. The van der Waals surface area contributed by atoms with E-state index in [0.717, 1.165) is 12.5 Å². The van der Waals surface area contributed by atoms with Gasteiger partial charge in [-0.15, -0.1) is 0 Å². The fourth-order valence-electron chi connectivity index (χ4n) is 2.80. The first-order valence-electron chi connectivity index (χ1n) is 7.56. The van der Waals surface area contributed by atoms with Crippen LogP contribution in [0, 0.1) is 0 Å². The smallest absolute Gasteiger partial charge is 0.405 e. The van der Waals surface area contributed by atoms with Gasteiger partial charge in [-0.1, -0.05) is 12.1 Å². The topological polar surface area (TPSA) is 28.1 Å². The molecule has 0 N–H and O–H groups in total. The monoisotopic (exact) mass is 337 g/mol. The number of rotatable bonds is 3. The second kappa shape index (κ2) is 5.98. The first kappa shape index (κ1) is 16.6. The Morgan fingerprint density at radius 2 is 2.04 bits per heavy atom. The maximum absolute atomic E-state index is 13.1. The van der Waals surface area contributed by atoms with Crippen molar-refractivity contribution in [1.82, 2.24) is 10.0 Å². The maximum Gasteiger partial charge on any atom is 0.405 e. The summed E-state index contributed by atoms with van der Waals surface area (Å²) in [5.41, 5.74) is 2.26. The van der Waals surface area contributed by atoms with Gasteiger partial charge in [0, 0.05) is 17.8 Å². The third-order valence-electron chi connectivity index (χ3n) is 4.14. The van der Waals surface area contributed by atoms with Crippen LogP contribution < -0.4 is 4.74 Å². The van der Waals surface area contributed by atoms with Gasteiger partial charge in [-0.3, -0.25) is 5.01 Å². The third-order valence-corrected chi connectivity index (χ3v) is 4.14. The fourth-order valence-corrected chi connectivity index (χ4v) is 2.80. The molecule has 1 atom stereocenters. The van der Waals surface area contributed by atoms with Gasteiger partial charge in [0.05, 0.1) is 12.8 Å². The van der Waals surface area contributed by atoms with Crippen molar-refractivity contribution in [1.29, 1.82) is 0 Å². The molecular weight excluding hydrogens is 319 g/mol. The van der Waals surface area contributed by atoms with Crippen LogP contribution in [0.25, 0.3) is 0 Å². The van der Waals surface area contributed by atoms with Crippen molar-refractivity contribution in [3.8, 4) is 5.75 Å². The summed E-state index contributed by atoms with van der Waals surface area (Å²) in [6, 6.07) is 5.85. The zero-order valence-electron chi connectivity index (χ0n) is 13.6. The second-order valence-electron chi connectivity index (χ2n) is 5.73. The van der Waals surface area contributed by atoms with E-state index in [4.69, 9.17) is 4.74 Å². The number of hydrogen-bond donors (Lipinski definition) is 0. The molecule has 1 aromatic rings. The summed E-state index contributed by atoms with van der Waals surface area (Å²) >= 11 is 0. The van der Waals surface area contributed by atoms with Gasteiger partial charge in [0.15, 0.2) is 0 Å². The molecule has 2 heterocycles. The minimum absolute atomic E-state index is 0.177. The Hall–Kier alpha value is -2.28. The van der Waals surface area contributed by atoms with Crippen LogP contribution in [0.15, 0.2) is 52.9 Å². The van der Waals surface area contributed by atoms with Crippen LogP contribution in [0.5, 0.6) is 5.75 Å². The van der Waals surface area contributed by atoms with Crippen LogP contribution in [0.1, 0.15) is 19.4 Å². The Bertz CT molecular complexity index is 737. The predicted octanol–water partition coefficient (Wildman–Crippen LogP) is 3.73. The van der Waals surface area contributed by atoms with Crippen molar-refractivity contribution >= 4 is 5.71 Å². The van der Waals surface area contributed by atoms with E-state index >= 15 is 0 Å². The minimum atomic E-state index is -4.29. The summed E-state index contributed by atoms with van der Waals surface area (Å²) in [5.74, 6) is 1.22. The highest BCUT2D eigenvalue weighted by molar-refractivity contribution is 6.10. The Balaban J connectivity index is 1.90. The van der Waals surface area contributed by atoms with Crippen molar-refractivity contribution in [3.63, 3.8) is 0 Å². The van der Waals surface area contributed by atoms with E-state index in [2.05, 4.69) is 4.99 Å². The minimum Gasteiger partial charge on any atom is -0.497 e. The molecule has 0 saturated carbocycles. The summed E-state index contributed by atoms with van der Waals surface area (Å²) in [5, 5.41) is 2.80. The van der Waals surface area contributed by atoms with Crippen LogP contribution in [0.3, 0.4) is 0 Å². The summed E-state index contributed by atoms with van der Waals surface area (Å²) in [7, 11) is 1.58. The molecule has 0 amide bonds. The molecule has 1 aromatic carbocycles. The third kappa shape index (κ3) is 2.91. The normalized spacial score (nSPS) is 19.4. The molecule has 0 saturated heterocycles. The number of nitrogens with zero attached hydrogens (tertiary/aromatic N) is 3. The Morgan fingerprint density at radius 3 is 2.71 bits per heavy atom. The Labute approximate surface area is 138 Å². The van der Waals surface area contributed by atoms with Gasteiger partial charge < -0.3 is 4.74 Å². The van der Waals surface area contributed by atoms with E-state index in [1.807, 2.05) is 24.3 Å². The lowest BCUT2D eigenvalue weighted by Gasteiger charge is -2.38. The fraction of sp³-hybridized carbons (Fsp3) is 0.353. The van der Waals surface area contributed by atoms with Crippen LogP contribution in [-0.4, -0.2) is 41.6 Å². The lowest BCUT2D eigenvalue weighted by Crippen LogP contribution is -2.49. The SMILES string of the molecule is COc1cccc(C2=NC3=CCN([C@@H](C)C(F)(F)F)N3C(C)=C2)c1. The predicted molar refractivity (Wildman–Crippen MR) is 85.4 cm³/mol. The molecule has 24 heavy (non-hydrogen) atoms. The molecule has 0 unspecified atom stereocenters. The van der Waals surface area contributed by atoms with Crippen molar-refractivity contribution in [2.24, 2.45) is 4.99 Å². The zero-order valence-corrected chi connectivity index (χ0v) is 13.6. The molecule has 3 rings (SSSR count). The van der Waals surface area contributed by atoms with Crippen molar-refractivity contribution < 1.29 is 17.9 Å². The molecule has 0 radical (unpaired) electrons. The zero-order chi connectivity index (χ0) is 17.5.